The summed E-state index contributed by atoms with van der Waals surface area (Å²) in [4.78, 5) is 4.55. The molecule has 0 saturated carbocycles. The second kappa shape index (κ2) is 9.77. The van der Waals surface area contributed by atoms with E-state index in [0.29, 0.717) is 34.3 Å². The van der Waals surface area contributed by atoms with Gasteiger partial charge >= 0.3 is 0 Å². The van der Waals surface area contributed by atoms with Crippen molar-refractivity contribution in [3.05, 3.63) is 94.0 Å². The minimum Gasteiger partial charge on any atom is -0.493 e. The molecule has 0 N–H and O–H groups in total. The van der Waals surface area contributed by atoms with Crippen LogP contribution in [0.25, 0.3) is 22.5 Å². The zero-order valence-electron chi connectivity index (χ0n) is 18.7. The topological polar surface area (TPSA) is 58.5 Å². The lowest BCUT2D eigenvalue weighted by Gasteiger charge is -2.06. The Kier molecular flexibility index (Phi) is 6.63. The van der Waals surface area contributed by atoms with Crippen LogP contribution >= 0.6 is 11.6 Å². The second-order valence-electron chi connectivity index (χ2n) is 7.70. The van der Waals surface area contributed by atoms with Crippen molar-refractivity contribution in [2.75, 3.05) is 6.61 Å². The van der Waals surface area contributed by atoms with Crippen molar-refractivity contribution < 1.29 is 9.15 Å². The number of aliphatic imine (C=N–C) groups is 1. The number of benzene rings is 3. The smallest absolute Gasteiger partial charge is 0.238 e. The van der Waals surface area contributed by atoms with Crippen molar-refractivity contribution in [2.45, 2.75) is 20.8 Å². The Morgan fingerprint density at radius 1 is 0.970 bits per heavy atom. The lowest BCUT2D eigenvalue weighted by molar-refractivity contribution is 0.340. The minimum absolute atomic E-state index is 0.242. The normalized spacial score (nSPS) is 11.0. The molecule has 33 heavy (non-hydrogen) atoms. The fourth-order valence-corrected chi connectivity index (χ4v) is 3.73. The Morgan fingerprint density at radius 2 is 1.61 bits per heavy atom. The van der Waals surface area contributed by atoms with Crippen molar-refractivity contribution in [3.8, 4) is 34.3 Å². The van der Waals surface area contributed by atoms with Crippen LogP contribution in [0.4, 0.5) is 5.88 Å². The van der Waals surface area contributed by atoms with Gasteiger partial charge in [-0.1, -0.05) is 71.3 Å². The number of halogens is 1. The van der Waals surface area contributed by atoms with E-state index in [1.54, 1.807) is 24.4 Å². The molecule has 4 aromatic rings. The number of hydrogen-bond acceptors (Lipinski definition) is 4. The molecule has 4 rings (SSSR count). The Hall–Kier alpha value is -3.81. The SMILES string of the molecule is CCOc1ccc(Cl)cc1C=Nc1oc(-c2ccc(C)cc2)c(-c2ccc(C)cc2)c1C#N. The zero-order valence-corrected chi connectivity index (χ0v) is 19.5. The molecule has 5 heteroatoms. The van der Waals surface area contributed by atoms with Crippen LogP contribution in [-0.4, -0.2) is 12.8 Å². The molecule has 1 aromatic heterocycles. The molecule has 4 nitrogen and oxygen atoms in total. The Bertz CT molecular complexity index is 1340. The van der Waals surface area contributed by atoms with Gasteiger partial charge in [0, 0.05) is 27.9 Å². The number of ether oxygens (including phenoxy) is 1. The quantitative estimate of drug-likeness (QED) is 0.278. The number of nitrogens with zero attached hydrogens (tertiary/aromatic N) is 2. The predicted molar refractivity (Wildman–Crippen MR) is 134 cm³/mol. The maximum Gasteiger partial charge on any atom is 0.238 e. The number of aryl methyl sites for hydroxylation is 2. The van der Waals surface area contributed by atoms with E-state index in [2.05, 4.69) is 11.1 Å². The summed E-state index contributed by atoms with van der Waals surface area (Å²) >= 11 is 6.18. The molecule has 0 fully saturated rings. The fraction of sp³-hybridized carbons (Fsp3) is 0.143. The third kappa shape index (κ3) is 4.84. The maximum absolute atomic E-state index is 10.1. The van der Waals surface area contributed by atoms with Gasteiger partial charge in [-0.25, -0.2) is 4.99 Å². The average molecular weight is 455 g/mol. The van der Waals surface area contributed by atoms with E-state index in [1.807, 2.05) is 69.3 Å². The molecule has 0 bridgehead atoms. The molecule has 1 heterocycles. The fourth-order valence-electron chi connectivity index (χ4n) is 3.55. The van der Waals surface area contributed by atoms with Crippen molar-refractivity contribution in [3.63, 3.8) is 0 Å². The Labute approximate surface area is 198 Å². The van der Waals surface area contributed by atoms with Gasteiger partial charge < -0.3 is 9.15 Å². The summed E-state index contributed by atoms with van der Waals surface area (Å²) in [6.07, 6.45) is 1.62. The van der Waals surface area contributed by atoms with Crippen molar-refractivity contribution in [2.24, 2.45) is 4.99 Å². The highest BCUT2D eigenvalue weighted by molar-refractivity contribution is 6.30. The molecule has 0 spiro atoms. The summed E-state index contributed by atoms with van der Waals surface area (Å²) in [5.74, 6) is 1.51. The van der Waals surface area contributed by atoms with E-state index in [4.69, 9.17) is 20.8 Å². The van der Waals surface area contributed by atoms with Crippen LogP contribution in [0.5, 0.6) is 5.75 Å². The summed E-state index contributed by atoms with van der Waals surface area (Å²) in [6.45, 7) is 6.49. The van der Waals surface area contributed by atoms with Gasteiger partial charge in [0.1, 0.15) is 23.1 Å². The average Bonchev–Trinajstić information content (AvgIpc) is 3.18. The summed E-state index contributed by atoms with van der Waals surface area (Å²) in [7, 11) is 0. The Morgan fingerprint density at radius 3 is 2.21 bits per heavy atom. The van der Waals surface area contributed by atoms with Crippen molar-refractivity contribution in [1.82, 2.24) is 0 Å². The summed E-state index contributed by atoms with van der Waals surface area (Å²) in [6, 6.07) is 23.7. The van der Waals surface area contributed by atoms with Crippen LogP contribution in [0, 0.1) is 25.2 Å². The minimum atomic E-state index is 0.242. The lowest BCUT2D eigenvalue weighted by Crippen LogP contribution is -1.95. The van der Waals surface area contributed by atoms with E-state index in [0.717, 1.165) is 27.8 Å². The highest BCUT2D eigenvalue weighted by Crippen LogP contribution is 2.42. The molecule has 0 atom stereocenters. The summed E-state index contributed by atoms with van der Waals surface area (Å²) in [5, 5.41) is 10.6. The number of nitriles is 1. The molecular formula is C28H23ClN2O2. The molecule has 0 aliphatic rings. The molecule has 0 aliphatic heterocycles. The molecule has 0 radical (unpaired) electrons. The van der Waals surface area contributed by atoms with Crippen LogP contribution in [0.3, 0.4) is 0 Å². The zero-order chi connectivity index (χ0) is 23.4. The lowest BCUT2D eigenvalue weighted by atomic mass is 9.97. The summed E-state index contributed by atoms with van der Waals surface area (Å²) < 4.78 is 11.9. The van der Waals surface area contributed by atoms with Crippen LogP contribution in [0.1, 0.15) is 29.2 Å². The van der Waals surface area contributed by atoms with Crippen molar-refractivity contribution in [1.29, 1.82) is 5.26 Å². The van der Waals surface area contributed by atoms with Crippen LogP contribution < -0.4 is 4.74 Å². The standard InChI is InChI=1S/C28H23ClN2O2/c1-4-32-25-14-13-23(29)15-22(25)17-31-28-24(16-30)26(20-9-5-18(2)6-10-20)27(33-28)21-11-7-19(3)8-12-21/h5-15,17H,4H2,1-3H3. The third-order valence-electron chi connectivity index (χ3n) is 5.25. The molecule has 164 valence electrons. The first-order chi connectivity index (χ1) is 16.0. The second-order valence-corrected chi connectivity index (χ2v) is 8.14. The third-order valence-corrected chi connectivity index (χ3v) is 5.48. The van der Waals surface area contributed by atoms with Crippen LogP contribution in [0.15, 0.2) is 76.1 Å². The largest absolute Gasteiger partial charge is 0.493 e. The highest BCUT2D eigenvalue weighted by Gasteiger charge is 2.23. The summed E-state index contributed by atoms with van der Waals surface area (Å²) in [5.41, 5.74) is 5.88. The first-order valence-electron chi connectivity index (χ1n) is 10.7. The molecule has 0 unspecified atom stereocenters. The van der Waals surface area contributed by atoms with E-state index in [9.17, 15) is 5.26 Å². The monoisotopic (exact) mass is 454 g/mol. The molecule has 0 aliphatic carbocycles. The Balaban J connectivity index is 1.88. The van der Waals surface area contributed by atoms with Gasteiger partial charge in [0.05, 0.1) is 6.61 Å². The number of rotatable bonds is 6. The van der Waals surface area contributed by atoms with E-state index >= 15 is 0 Å². The van der Waals surface area contributed by atoms with Gasteiger partial charge in [0.2, 0.25) is 5.88 Å². The first-order valence-corrected chi connectivity index (χ1v) is 11.0. The van der Waals surface area contributed by atoms with Gasteiger partial charge in [-0.3, -0.25) is 0 Å². The van der Waals surface area contributed by atoms with E-state index in [-0.39, 0.29) is 5.88 Å². The molecular weight excluding hydrogens is 432 g/mol. The first kappa shape index (κ1) is 22.4. The number of furan rings is 1. The highest BCUT2D eigenvalue weighted by atomic mass is 35.5. The van der Waals surface area contributed by atoms with Crippen LogP contribution in [-0.2, 0) is 0 Å². The van der Waals surface area contributed by atoms with Gasteiger partial charge in [-0.15, -0.1) is 0 Å². The number of hydrogen-bond donors (Lipinski definition) is 0. The van der Waals surface area contributed by atoms with Gasteiger partial charge in [0.15, 0.2) is 0 Å². The van der Waals surface area contributed by atoms with Gasteiger partial charge in [-0.2, -0.15) is 5.26 Å². The van der Waals surface area contributed by atoms with Crippen LogP contribution in [0.2, 0.25) is 5.02 Å². The van der Waals surface area contributed by atoms with Crippen molar-refractivity contribution >= 4 is 23.7 Å². The molecule has 0 saturated heterocycles. The molecule has 0 amide bonds. The van der Waals surface area contributed by atoms with Gasteiger partial charge in [0.25, 0.3) is 0 Å². The maximum atomic E-state index is 10.1. The van der Waals surface area contributed by atoms with Gasteiger partial charge in [-0.05, 0) is 44.5 Å². The molecule has 3 aromatic carbocycles. The van der Waals surface area contributed by atoms with E-state index in [1.165, 1.54) is 0 Å². The predicted octanol–water partition coefficient (Wildman–Crippen LogP) is 7.90. The van der Waals surface area contributed by atoms with E-state index < -0.39 is 0 Å².